The topological polar surface area (TPSA) is 20.2 Å². The van der Waals surface area contributed by atoms with Crippen LogP contribution in [0.1, 0.15) is 39.5 Å². The van der Waals surface area contributed by atoms with Gasteiger partial charge in [0.1, 0.15) is 6.10 Å². The van der Waals surface area contributed by atoms with Crippen LogP contribution < -0.4 is 0 Å². The molecule has 0 aliphatic heterocycles. The Morgan fingerprint density at radius 3 is 2.06 bits per heavy atom. The molecule has 0 spiro atoms. The molecule has 0 fully saturated rings. The standard InChI is InChI=1S/C17H20O/c1-11-8-9-12(2)15(10-11)17(18)16-13(3)6-5-7-14(16)4/h5-10,17-18H,1-4H3. The van der Waals surface area contributed by atoms with Crippen LogP contribution in [-0.4, -0.2) is 5.11 Å². The lowest BCUT2D eigenvalue weighted by molar-refractivity contribution is 0.218. The van der Waals surface area contributed by atoms with Crippen molar-refractivity contribution in [2.45, 2.75) is 33.8 Å². The van der Waals surface area contributed by atoms with Crippen molar-refractivity contribution in [2.24, 2.45) is 0 Å². The van der Waals surface area contributed by atoms with Crippen molar-refractivity contribution in [2.75, 3.05) is 0 Å². The number of rotatable bonds is 2. The predicted octanol–water partition coefficient (Wildman–Crippen LogP) is 4.00. The van der Waals surface area contributed by atoms with Gasteiger partial charge in [-0.1, -0.05) is 42.0 Å². The zero-order chi connectivity index (χ0) is 13.3. The highest BCUT2D eigenvalue weighted by Crippen LogP contribution is 2.30. The second-order valence-corrected chi connectivity index (χ2v) is 5.07. The Hall–Kier alpha value is -1.60. The van der Waals surface area contributed by atoms with Gasteiger partial charge in [-0.05, 0) is 55.5 Å². The van der Waals surface area contributed by atoms with Crippen molar-refractivity contribution in [1.29, 1.82) is 0 Å². The van der Waals surface area contributed by atoms with Crippen molar-refractivity contribution in [1.82, 2.24) is 0 Å². The summed E-state index contributed by atoms with van der Waals surface area (Å²) in [6, 6.07) is 12.4. The smallest absolute Gasteiger partial charge is 0.105 e. The summed E-state index contributed by atoms with van der Waals surface area (Å²) in [4.78, 5) is 0. The Morgan fingerprint density at radius 2 is 1.44 bits per heavy atom. The normalized spacial score (nSPS) is 12.5. The van der Waals surface area contributed by atoms with Gasteiger partial charge in [0.05, 0.1) is 0 Å². The zero-order valence-corrected chi connectivity index (χ0v) is 11.5. The highest BCUT2D eigenvalue weighted by molar-refractivity contribution is 5.43. The summed E-state index contributed by atoms with van der Waals surface area (Å²) in [6.45, 7) is 8.21. The van der Waals surface area contributed by atoms with E-state index in [1.54, 1.807) is 0 Å². The molecule has 0 saturated carbocycles. The monoisotopic (exact) mass is 240 g/mol. The Labute approximate surface area is 109 Å². The zero-order valence-electron chi connectivity index (χ0n) is 11.5. The van der Waals surface area contributed by atoms with Crippen LogP contribution in [0.3, 0.4) is 0 Å². The average molecular weight is 240 g/mol. The third-order valence-electron chi connectivity index (χ3n) is 3.54. The number of aliphatic hydroxyl groups excluding tert-OH is 1. The summed E-state index contributed by atoms with van der Waals surface area (Å²) in [5.41, 5.74) is 6.64. The Morgan fingerprint density at radius 1 is 0.833 bits per heavy atom. The van der Waals surface area contributed by atoms with Gasteiger partial charge in [-0.3, -0.25) is 0 Å². The summed E-state index contributed by atoms with van der Waals surface area (Å²) in [5, 5.41) is 10.7. The predicted molar refractivity (Wildman–Crippen MR) is 75.9 cm³/mol. The first kappa shape index (κ1) is 12.8. The maximum Gasteiger partial charge on any atom is 0.105 e. The van der Waals surface area contributed by atoms with E-state index in [0.29, 0.717) is 0 Å². The number of aryl methyl sites for hydroxylation is 4. The highest BCUT2D eigenvalue weighted by atomic mass is 16.3. The van der Waals surface area contributed by atoms with Gasteiger partial charge >= 0.3 is 0 Å². The van der Waals surface area contributed by atoms with Gasteiger partial charge < -0.3 is 5.11 Å². The van der Waals surface area contributed by atoms with Gasteiger partial charge in [0, 0.05) is 0 Å². The molecular formula is C17H20O. The first-order valence-electron chi connectivity index (χ1n) is 6.32. The lowest BCUT2D eigenvalue weighted by Gasteiger charge is -2.19. The van der Waals surface area contributed by atoms with Crippen molar-refractivity contribution < 1.29 is 5.11 Å². The Balaban J connectivity index is 2.54. The molecule has 1 unspecified atom stereocenters. The van der Waals surface area contributed by atoms with Crippen LogP contribution in [-0.2, 0) is 0 Å². The molecule has 1 nitrogen and oxygen atoms in total. The van der Waals surface area contributed by atoms with Crippen molar-refractivity contribution in [3.05, 3.63) is 69.8 Å². The summed E-state index contributed by atoms with van der Waals surface area (Å²) < 4.78 is 0. The molecule has 0 aliphatic carbocycles. The fraction of sp³-hybridized carbons (Fsp3) is 0.294. The van der Waals surface area contributed by atoms with Crippen LogP contribution >= 0.6 is 0 Å². The lowest BCUT2D eigenvalue weighted by atomic mass is 9.90. The minimum absolute atomic E-state index is 0.536. The fourth-order valence-corrected chi connectivity index (χ4v) is 2.47. The lowest BCUT2D eigenvalue weighted by Crippen LogP contribution is -2.06. The molecule has 1 N–H and O–H groups in total. The van der Waals surface area contributed by atoms with E-state index in [9.17, 15) is 5.11 Å². The van der Waals surface area contributed by atoms with Crippen molar-refractivity contribution in [3.8, 4) is 0 Å². The fourth-order valence-electron chi connectivity index (χ4n) is 2.47. The van der Waals surface area contributed by atoms with E-state index < -0.39 is 6.10 Å². The first-order chi connectivity index (χ1) is 8.50. The van der Waals surface area contributed by atoms with E-state index in [4.69, 9.17) is 0 Å². The summed E-state index contributed by atoms with van der Waals surface area (Å²) in [5.74, 6) is 0. The van der Waals surface area contributed by atoms with Crippen molar-refractivity contribution >= 4 is 0 Å². The van der Waals surface area contributed by atoms with Crippen molar-refractivity contribution in [3.63, 3.8) is 0 Å². The van der Waals surface area contributed by atoms with E-state index in [0.717, 1.165) is 27.8 Å². The summed E-state index contributed by atoms with van der Waals surface area (Å²) in [7, 11) is 0. The second-order valence-electron chi connectivity index (χ2n) is 5.07. The highest BCUT2D eigenvalue weighted by Gasteiger charge is 2.16. The van der Waals surface area contributed by atoms with Gasteiger partial charge in [0.2, 0.25) is 0 Å². The molecule has 2 rings (SSSR count). The molecule has 0 aromatic heterocycles. The largest absolute Gasteiger partial charge is 0.384 e. The van der Waals surface area contributed by atoms with E-state index in [2.05, 4.69) is 51.1 Å². The second kappa shape index (κ2) is 4.95. The molecule has 0 saturated heterocycles. The summed E-state index contributed by atoms with van der Waals surface area (Å²) in [6.07, 6.45) is -0.536. The van der Waals surface area contributed by atoms with Crippen LogP contribution in [0.25, 0.3) is 0 Å². The number of aliphatic hydroxyl groups is 1. The molecule has 0 heterocycles. The SMILES string of the molecule is Cc1ccc(C)c(C(O)c2c(C)cccc2C)c1. The molecule has 94 valence electrons. The van der Waals surface area contributed by atoms with Gasteiger partial charge in [0.25, 0.3) is 0 Å². The Bertz CT molecular complexity index is 550. The van der Waals surface area contributed by atoms with E-state index in [1.165, 1.54) is 5.56 Å². The van der Waals surface area contributed by atoms with Crippen LogP contribution in [0.5, 0.6) is 0 Å². The quantitative estimate of drug-likeness (QED) is 0.841. The average Bonchev–Trinajstić information content (AvgIpc) is 2.32. The molecule has 0 amide bonds. The third-order valence-corrected chi connectivity index (χ3v) is 3.54. The van der Waals surface area contributed by atoms with E-state index in [-0.39, 0.29) is 0 Å². The van der Waals surface area contributed by atoms with Gasteiger partial charge in [-0.25, -0.2) is 0 Å². The van der Waals surface area contributed by atoms with Gasteiger partial charge in [0.15, 0.2) is 0 Å². The number of benzene rings is 2. The third kappa shape index (κ3) is 2.32. The number of hydrogen-bond acceptors (Lipinski definition) is 1. The summed E-state index contributed by atoms with van der Waals surface area (Å²) >= 11 is 0. The molecular weight excluding hydrogens is 220 g/mol. The number of hydrogen-bond donors (Lipinski definition) is 1. The molecule has 0 radical (unpaired) electrons. The van der Waals surface area contributed by atoms with Gasteiger partial charge in [-0.15, -0.1) is 0 Å². The molecule has 1 heteroatoms. The molecule has 1 atom stereocenters. The minimum Gasteiger partial charge on any atom is -0.384 e. The first-order valence-corrected chi connectivity index (χ1v) is 6.32. The molecule has 18 heavy (non-hydrogen) atoms. The maximum absolute atomic E-state index is 10.7. The van der Waals surface area contributed by atoms with Crippen LogP contribution in [0, 0.1) is 27.7 Å². The molecule has 2 aromatic carbocycles. The van der Waals surface area contributed by atoms with E-state index >= 15 is 0 Å². The maximum atomic E-state index is 10.7. The minimum atomic E-state index is -0.536. The van der Waals surface area contributed by atoms with Crippen LogP contribution in [0.2, 0.25) is 0 Å². The van der Waals surface area contributed by atoms with Gasteiger partial charge in [-0.2, -0.15) is 0 Å². The van der Waals surface area contributed by atoms with Crippen LogP contribution in [0.15, 0.2) is 36.4 Å². The van der Waals surface area contributed by atoms with E-state index in [1.807, 2.05) is 13.0 Å². The van der Waals surface area contributed by atoms with Crippen LogP contribution in [0.4, 0.5) is 0 Å². The molecule has 0 aliphatic rings. The molecule has 2 aromatic rings. The molecule has 0 bridgehead atoms. The Kier molecular flexibility index (Phi) is 3.53.